The Labute approximate surface area is 245 Å². The van der Waals surface area contributed by atoms with Crippen LogP contribution in [0, 0.1) is 5.92 Å². The average molecular weight is 572 g/mol. The van der Waals surface area contributed by atoms with Gasteiger partial charge in [0.1, 0.15) is 12.4 Å². The summed E-state index contributed by atoms with van der Waals surface area (Å²) < 4.78 is 10.5. The van der Waals surface area contributed by atoms with Gasteiger partial charge in [-0.05, 0) is 50.5 Å². The first-order valence-electron chi connectivity index (χ1n) is 15.2. The number of ether oxygens (including phenoxy) is 2. The van der Waals surface area contributed by atoms with Crippen molar-refractivity contribution in [3.05, 3.63) is 46.7 Å². The van der Waals surface area contributed by atoms with E-state index >= 15 is 0 Å². The molecule has 0 heterocycles. The number of unbranched alkanes of at least 4 members (excludes halogenated alkanes) is 1. The van der Waals surface area contributed by atoms with Crippen LogP contribution in [0.2, 0.25) is 0 Å². The Bertz CT molecular complexity index is 1010. The van der Waals surface area contributed by atoms with Crippen LogP contribution in [0.3, 0.4) is 0 Å². The lowest BCUT2D eigenvalue weighted by Crippen LogP contribution is -2.28. The second kappa shape index (κ2) is 19.8. The summed E-state index contributed by atoms with van der Waals surface area (Å²) in [5.41, 5.74) is 3.47. The van der Waals surface area contributed by atoms with Crippen molar-refractivity contribution in [3.63, 3.8) is 0 Å². The smallest absolute Gasteiger partial charge is 0.407 e. The monoisotopic (exact) mass is 571 g/mol. The average Bonchev–Trinajstić information content (AvgIpc) is 3.00. The molecular formula is C32H49N3O6. The van der Waals surface area contributed by atoms with Gasteiger partial charge >= 0.3 is 6.09 Å². The molecule has 9 nitrogen and oxygen atoms in total. The fourth-order valence-corrected chi connectivity index (χ4v) is 4.98. The number of nitrogens with one attached hydrogen (secondary N) is 3. The maximum absolute atomic E-state index is 12.9. The third-order valence-corrected chi connectivity index (χ3v) is 7.34. The molecule has 0 aliphatic heterocycles. The van der Waals surface area contributed by atoms with E-state index < -0.39 is 6.09 Å². The summed E-state index contributed by atoms with van der Waals surface area (Å²) in [4.78, 5) is 48.7. The van der Waals surface area contributed by atoms with Gasteiger partial charge in [-0.2, -0.15) is 0 Å². The Kier molecular flexibility index (Phi) is 16.4. The minimum absolute atomic E-state index is 0.0662. The third-order valence-electron chi connectivity index (χ3n) is 7.34. The van der Waals surface area contributed by atoms with E-state index in [0.29, 0.717) is 43.9 Å². The zero-order valence-electron chi connectivity index (χ0n) is 25.1. The van der Waals surface area contributed by atoms with Gasteiger partial charge in [-0.15, -0.1) is 0 Å². The van der Waals surface area contributed by atoms with Gasteiger partial charge in [-0.25, -0.2) is 4.79 Å². The van der Waals surface area contributed by atoms with Crippen molar-refractivity contribution < 1.29 is 28.7 Å². The van der Waals surface area contributed by atoms with Gasteiger partial charge in [0, 0.05) is 55.7 Å². The zero-order chi connectivity index (χ0) is 29.9. The van der Waals surface area contributed by atoms with Crippen LogP contribution in [0.1, 0.15) is 100 Å². The Morgan fingerprint density at radius 3 is 2.37 bits per heavy atom. The van der Waals surface area contributed by atoms with Crippen molar-refractivity contribution in [2.24, 2.45) is 5.92 Å². The number of hydrogen-bond donors (Lipinski definition) is 3. The quantitative estimate of drug-likeness (QED) is 0.145. The molecule has 9 heteroatoms. The van der Waals surface area contributed by atoms with Crippen LogP contribution in [-0.4, -0.2) is 57.0 Å². The minimum Gasteiger partial charge on any atom is -0.449 e. The van der Waals surface area contributed by atoms with Crippen LogP contribution in [0.15, 0.2) is 35.5 Å². The molecule has 0 bridgehead atoms. The van der Waals surface area contributed by atoms with Crippen LogP contribution < -0.4 is 16.0 Å². The van der Waals surface area contributed by atoms with E-state index in [-0.39, 0.29) is 30.8 Å². The van der Waals surface area contributed by atoms with Gasteiger partial charge in [0.2, 0.25) is 5.91 Å². The number of ketones is 2. The molecule has 2 amide bonds. The highest BCUT2D eigenvalue weighted by Gasteiger charge is 2.20. The van der Waals surface area contributed by atoms with Crippen LogP contribution in [0.25, 0.3) is 0 Å². The molecule has 0 fully saturated rings. The molecule has 2 rings (SSSR count). The summed E-state index contributed by atoms with van der Waals surface area (Å²) in [5, 5.41) is 8.71. The van der Waals surface area contributed by atoms with Gasteiger partial charge in [0.15, 0.2) is 5.78 Å². The fraction of sp³-hybridized carbons (Fsp3) is 0.625. The molecule has 228 valence electrons. The summed E-state index contributed by atoms with van der Waals surface area (Å²) in [6.07, 6.45) is 8.96. The van der Waals surface area contributed by atoms with Crippen molar-refractivity contribution in [1.82, 2.24) is 16.0 Å². The molecule has 41 heavy (non-hydrogen) atoms. The molecule has 1 aliphatic rings. The largest absolute Gasteiger partial charge is 0.449 e. The lowest BCUT2D eigenvalue weighted by Gasteiger charge is -2.19. The van der Waals surface area contributed by atoms with Crippen molar-refractivity contribution in [3.8, 4) is 0 Å². The minimum atomic E-state index is -0.469. The lowest BCUT2D eigenvalue weighted by atomic mass is 9.90. The number of Topliss-reactive ketones (excluding diaryl/α,β-unsaturated/α-hetero) is 2. The normalized spacial score (nSPS) is 13.8. The van der Waals surface area contributed by atoms with Crippen molar-refractivity contribution in [2.75, 3.05) is 33.4 Å². The summed E-state index contributed by atoms with van der Waals surface area (Å²) in [6.45, 7) is 5.28. The Morgan fingerprint density at radius 2 is 1.66 bits per heavy atom. The van der Waals surface area contributed by atoms with Crippen LogP contribution >= 0.6 is 0 Å². The zero-order valence-corrected chi connectivity index (χ0v) is 25.1. The number of allylic oxidation sites excluding steroid dienone is 2. The summed E-state index contributed by atoms with van der Waals surface area (Å²) >= 11 is 0. The predicted octanol–water partition coefficient (Wildman–Crippen LogP) is 5.23. The van der Waals surface area contributed by atoms with Crippen molar-refractivity contribution >= 4 is 23.6 Å². The summed E-state index contributed by atoms with van der Waals surface area (Å²) in [7, 11) is 1.86. The first-order chi connectivity index (χ1) is 19.9. The lowest BCUT2D eigenvalue weighted by molar-refractivity contribution is -0.126. The highest BCUT2D eigenvalue weighted by Crippen LogP contribution is 2.26. The number of benzene rings is 1. The van der Waals surface area contributed by atoms with E-state index in [4.69, 9.17) is 9.47 Å². The maximum Gasteiger partial charge on any atom is 0.407 e. The van der Waals surface area contributed by atoms with Gasteiger partial charge in [-0.1, -0.05) is 51.0 Å². The molecule has 3 N–H and O–H groups in total. The molecule has 0 radical (unpaired) electrons. The first kappa shape index (κ1) is 34.0. The van der Waals surface area contributed by atoms with Crippen LogP contribution in [0.5, 0.6) is 0 Å². The second-order valence-corrected chi connectivity index (χ2v) is 10.5. The molecule has 0 spiro atoms. The van der Waals surface area contributed by atoms with E-state index in [2.05, 4.69) is 22.9 Å². The molecule has 0 saturated heterocycles. The van der Waals surface area contributed by atoms with Gasteiger partial charge in [0.25, 0.3) is 0 Å². The topological polar surface area (TPSA) is 123 Å². The third kappa shape index (κ3) is 12.9. The van der Waals surface area contributed by atoms with Crippen LogP contribution in [-0.2, 0) is 25.6 Å². The highest BCUT2D eigenvalue weighted by molar-refractivity contribution is 6.09. The maximum atomic E-state index is 12.9. The van der Waals surface area contributed by atoms with E-state index in [1.165, 1.54) is 0 Å². The Morgan fingerprint density at radius 1 is 0.902 bits per heavy atom. The van der Waals surface area contributed by atoms with Crippen molar-refractivity contribution in [1.29, 1.82) is 0 Å². The predicted molar refractivity (Wildman–Crippen MR) is 160 cm³/mol. The molecule has 1 unspecified atom stereocenters. The Balaban J connectivity index is 1.52. The molecular weight excluding hydrogens is 522 g/mol. The van der Waals surface area contributed by atoms with Gasteiger partial charge < -0.3 is 25.4 Å². The number of rotatable bonds is 20. The SMILES string of the molecule is CCCC(CCCCNC(=O)OCCCOCC(=O)NCc1ccc(C(=O)C2=C(NC)CCCC2)cc1)C(=O)CC. The van der Waals surface area contributed by atoms with Gasteiger partial charge in [0.05, 0.1) is 13.2 Å². The number of amides is 2. The van der Waals surface area contributed by atoms with Crippen LogP contribution in [0.4, 0.5) is 4.79 Å². The number of alkyl carbamates (subject to hydrolysis) is 1. The fourth-order valence-electron chi connectivity index (χ4n) is 4.98. The van der Waals surface area contributed by atoms with E-state index in [1.54, 1.807) is 0 Å². The summed E-state index contributed by atoms with van der Waals surface area (Å²) in [5.74, 6) is 0.293. The van der Waals surface area contributed by atoms with E-state index in [1.807, 2.05) is 38.2 Å². The molecule has 1 aliphatic carbocycles. The first-order valence-corrected chi connectivity index (χ1v) is 15.2. The summed E-state index contributed by atoms with van der Waals surface area (Å²) in [6, 6.07) is 7.33. The standard InChI is InChI=1S/C32H49N3O6/c1-4-11-25(29(36)5-2)12-8-9-19-34-32(39)41-21-10-20-40-23-30(37)35-22-24-15-17-26(18-16-24)31(38)27-13-6-7-14-28(27)33-3/h15-18,25,33H,4-14,19-23H2,1-3H3,(H,34,39)(H,35,37). The molecule has 1 aromatic carbocycles. The van der Waals surface area contributed by atoms with Gasteiger partial charge in [-0.3, -0.25) is 14.4 Å². The molecule has 0 saturated carbocycles. The van der Waals surface area contributed by atoms with E-state index in [0.717, 1.165) is 74.6 Å². The van der Waals surface area contributed by atoms with E-state index in [9.17, 15) is 19.2 Å². The molecule has 1 atom stereocenters. The molecule has 1 aromatic rings. The van der Waals surface area contributed by atoms with Crippen molar-refractivity contribution in [2.45, 2.75) is 91.0 Å². The second-order valence-electron chi connectivity index (χ2n) is 10.5. The number of carbonyl (C=O) groups is 4. The number of hydrogen-bond acceptors (Lipinski definition) is 7. The Hall–Kier alpha value is -3.20. The molecule has 0 aromatic heterocycles. The highest BCUT2D eigenvalue weighted by atomic mass is 16.5. The number of carbonyl (C=O) groups excluding carboxylic acids is 4.